The number of halogens is 2. The zero-order valence-corrected chi connectivity index (χ0v) is 16.9. The molecule has 0 radical (unpaired) electrons. The summed E-state index contributed by atoms with van der Waals surface area (Å²) in [7, 11) is 0. The number of carbonyl (C=O) groups is 1. The van der Waals surface area contributed by atoms with Crippen LogP contribution in [0.4, 0.5) is 5.82 Å². The van der Waals surface area contributed by atoms with Gasteiger partial charge in [0.25, 0.3) is 0 Å². The van der Waals surface area contributed by atoms with E-state index in [1.807, 2.05) is 30.9 Å². The van der Waals surface area contributed by atoms with Crippen LogP contribution in [0.2, 0.25) is 5.02 Å². The minimum absolute atomic E-state index is 0.0857. The van der Waals surface area contributed by atoms with Gasteiger partial charge in [0.15, 0.2) is 0 Å². The smallest absolute Gasteiger partial charge is 0.229 e. The highest BCUT2D eigenvalue weighted by Crippen LogP contribution is 2.29. The summed E-state index contributed by atoms with van der Waals surface area (Å²) in [6, 6.07) is 9.02. The summed E-state index contributed by atoms with van der Waals surface area (Å²) in [5, 5.41) is 0.520. The molecule has 1 aliphatic heterocycles. The zero-order valence-electron chi connectivity index (χ0n) is 15.4. The molecule has 1 aromatic carbocycles. The molecule has 1 aromatic heterocycles. The van der Waals surface area contributed by atoms with E-state index < -0.39 is 5.41 Å². The highest BCUT2D eigenvalue weighted by molar-refractivity contribution is 6.32. The quantitative estimate of drug-likeness (QED) is 0.703. The third-order valence-electron chi connectivity index (χ3n) is 4.48. The van der Waals surface area contributed by atoms with Gasteiger partial charge in [0.2, 0.25) is 11.8 Å². The van der Waals surface area contributed by atoms with Crippen molar-refractivity contribution in [1.29, 1.82) is 0 Å². The number of anilines is 1. The van der Waals surface area contributed by atoms with Crippen molar-refractivity contribution in [3.63, 3.8) is 0 Å². The van der Waals surface area contributed by atoms with Gasteiger partial charge in [-0.2, -0.15) is 0 Å². The normalized spacial score (nSPS) is 15.0. The van der Waals surface area contributed by atoms with E-state index in [0.717, 1.165) is 5.82 Å². The van der Waals surface area contributed by atoms with Crippen LogP contribution in [0.5, 0.6) is 11.6 Å². The molecule has 1 saturated heterocycles. The summed E-state index contributed by atoms with van der Waals surface area (Å²) in [5.74, 6) is 2.12. The van der Waals surface area contributed by atoms with Gasteiger partial charge in [-0.05, 0) is 26.0 Å². The largest absolute Gasteiger partial charge is 0.437 e. The van der Waals surface area contributed by atoms with Crippen molar-refractivity contribution in [3.8, 4) is 11.6 Å². The Morgan fingerprint density at radius 2 is 1.89 bits per heavy atom. The first-order chi connectivity index (χ1) is 12.9. The minimum atomic E-state index is -0.547. The molecule has 8 heteroatoms. The number of piperazine rings is 1. The number of aromatic nitrogens is 2. The molecule has 0 spiro atoms. The third-order valence-corrected chi connectivity index (χ3v) is 5.46. The molecule has 1 fully saturated rings. The first kappa shape index (κ1) is 19.7. The van der Waals surface area contributed by atoms with Gasteiger partial charge >= 0.3 is 0 Å². The summed E-state index contributed by atoms with van der Waals surface area (Å²) < 4.78 is 5.77. The molecule has 3 rings (SSSR count). The number of ether oxygens (including phenoxy) is 1. The summed E-state index contributed by atoms with van der Waals surface area (Å²) in [4.78, 5) is 25.0. The lowest BCUT2D eigenvalue weighted by Gasteiger charge is -2.38. The lowest BCUT2D eigenvalue weighted by molar-refractivity contribution is -0.139. The average molecular weight is 409 g/mol. The van der Waals surface area contributed by atoms with Gasteiger partial charge in [0, 0.05) is 38.1 Å². The van der Waals surface area contributed by atoms with Gasteiger partial charge in [-0.25, -0.2) is 9.97 Å². The summed E-state index contributed by atoms with van der Waals surface area (Å²) in [6.45, 7) is 6.38. The van der Waals surface area contributed by atoms with Crippen molar-refractivity contribution in [2.75, 3.05) is 37.0 Å². The molecular weight excluding hydrogens is 387 g/mol. The number of alkyl halides is 1. The van der Waals surface area contributed by atoms with E-state index >= 15 is 0 Å². The van der Waals surface area contributed by atoms with E-state index in [-0.39, 0.29) is 5.91 Å². The Labute approximate surface area is 169 Å². The molecule has 0 N–H and O–H groups in total. The second kappa shape index (κ2) is 8.31. The lowest BCUT2D eigenvalue weighted by atomic mass is 9.94. The van der Waals surface area contributed by atoms with Gasteiger partial charge < -0.3 is 14.5 Å². The Hall–Kier alpha value is -2.05. The average Bonchev–Trinajstić information content (AvgIpc) is 2.69. The predicted molar refractivity (Wildman–Crippen MR) is 107 cm³/mol. The maximum absolute atomic E-state index is 12.5. The number of hydrogen-bond acceptors (Lipinski definition) is 5. The van der Waals surface area contributed by atoms with Crippen molar-refractivity contribution in [2.24, 2.45) is 5.41 Å². The molecule has 6 nitrogen and oxygen atoms in total. The summed E-state index contributed by atoms with van der Waals surface area (Å²) in [6.07, 6.45) is 1.47. The number of para-hydroxylation sites is 1. The fraction of sp³-hybridized carbons (Fsp3) is 0.421. The van der Waals surface area contributed by atoms with Gasteiger partial charge in [-0.3, -0.25) is 4.79 Å². The predicted octanol–water partition coefficient (Wildman–Crippen LogP) is 3.84. The number of amides is 1. The SMILES string of the molecule is CC(C)(CCl)C(=O)N1CCN(c2cc(Oc3ccccc3Cl)ncn2)CC1. The Morgan fingerprint density at radius 3 is 2.56 bits per heavy atom. The van der Waals surface area contributed by atoms with Crippen LogP contribution >= 0.6 is 23.2 Å². The van der Waals surface area contributed by atoms with Crippen molar-refractivity contribution in [3.05, 3.63) is 41.7 Å². The third kappa shape index (κ3) is 4.62. The van der Waals surface area contributed by atoms with Gasteiger partial charge in [0.05, 0.1) is 10.4 Å². The van der Waals surface area contributed by atoms with Gasteiger partial charge in [-0.15, -0.1) is 11.6 Å². The standard InChI is InChI=1S/C19H22Cl2N4O2/c1-19(2,12-20)18(26)25-9-7-24(8-10-25)16-11-17(23-13-22-16)27-15-6-4-3-5-14(15)21/h3-6,11,13H,7-10,12H2,1-2H3. The van der Waals surface area contributed by atoms with Crippen LogP contribution in [0.15, 0.2) is 36.7 Å². The maximum atomic E-state index is 12.5. The Balaban J connectivity index is 1.65. The van der Waals surface area contributed by atoms with Crippen molar-refractivity contribution in [1.82, 2.24) is 14.9 Å². The molecule has 27 heavy (non-hydrogen) atoms. The number of hydrogen-bond donors (Lipinski definition) is 0. The van der Waals surface area contributed by atoms with Crippen LogP contribution in [0.1, 0.15) is 13.8 Å². The second-order valence-corrected chi connectivity index (χ2v) is 7.72. The molecule has 144 valence electrons. The minimum Gasteiger partial charge on any atom is -0.437 e. The molecule has 0 aliphatic carbocycles. The van der Waals surface area contributed by atoms with Gasteiger partial charge in [0.1, 0.15) is 17.9 Å². The van der Waals surface area contributed by atoms with Crippen LogP contribution < -0.4 is 9.64 Å². The van der Waals surface area contributed by atoms with E-state index in [4.69, 9.17) is 27.9 Å². The first-order valence-electron chi connectivity index (χ1n) is 8.75. The second-order valence-electron chi connectivity index (χ2n) is 7.04. The summed E-state index contributed by atoms with van der Waals surface area (Å²) in [5.41, 5.74) is -0.547. The molecule has 2 aromatic rings. The monoisotopic (exact) mass is 408 g/mol. The van der Waals surface area contributed by atoms with Crippen LogP contribution in [-0.4, -0.2) is 52.8 Å². The summed E-state index contributed by atoms with van der Waals surface area (Å²) >= 11 is 12.1. The Bertz CT molecular complexity index is 808. The fourth-order valence-electron chi connectivity index (χ4n) is 2.82. The molecule has 1 amide bonds. The molecule has 0 atom stereocenters. The van der Waals surface area contributed by atoms with Crippen LogP contribution in [0, 0.1) is 5.41 Å². The number of benzene rings is 1. The van der Waals surface area contributed by atoms with Crippen LogP contribution in [0.25, 0.3) is 0 Å². The zero-order chi connectivity index (χ0) is 19.4. The first-order valence-corrected chi connectivity index (χ1v) is 9.67. The molecule has 0 unspecified atom stereocenters. The van der Waals surface area contributed by atoms with Crippen molar-refractivity contribution in [2.45, 2.75) is 13.8 Å². The van der Waals surface area contributed by atoms with Crippen molar-refractivity contribution >= 4 is 34.9 Å². The van der Waals surface area contributed by atoms with E-state index in [1.54, 1.807) is 18.2 Å². The van der Waals surface area contributed by atoms with E-state index in [2.05, 4.69) is 14.9 Å². The highest BCUT2D eigenvalue weighted by Gasteiger charge is 2.33. The lowest BCUT2D eigenvalue weighted by Crippen LogP contribution is -2.52. The number of rotatable bonds is 5. The molecule has 2 heterocycles. The molecule has 0 bridgehead atoms. The van der Waals surface area contributed by atoms with Gasteiger partial charge in [-0.1, -0.05) is 23.7 Å². The van der Waals surface area contributed by atoms with E-state index in [1.165, 1.54) is 6.33 Å². The topological polar surface area (TPSA) is 58.6 Å². The molecule has 1 aliphatic rings. The van der Waals surface area contributed by atoms with Crippen LogP contribution in [0.3, 0.4) is 0 Å². The van der Waals surface area contributed by atoms with Crippen molar-refractivity contribution < 1.29 is 9.53 Å². The Morgan fingerprint density at radius 1 is 1.19 bits per heavy atom. The molecular formula is C19H22Cl2N4O2. The molecule has 0 saturated carbocycles. The number of carbonyl (C=O) groups excluding carboxylic acids is 1. The van der Waals surface area contributed by atoms with E-state index in [0.29, 0.717) is 48.7 Å². The fourth-order valence-corrected chi connectivity index (χ4v) is 3.11. The Kier molecular flexibility index (Phi) is 6.07. The van der Waals surface area contributed by atoms with Crippen LogP contribution in [-0.2, 0) is 4.79 Å². The maximum Gasteiger partial charge on any atom is 0.229 e. The van der Waals surface area contributed by atoms with E-state index in [9.17, 15) is 4.79 Å². The highest BCUT2D eigenvalue weighted by atomic mass is 35.5. The number of nitrogens with zero attached hydrogens (tertiary/aromatic N) is 4.